The number of rotatable bonds is 4. The number of aromatic amines is 1. The number of thiazole rings is 1. The molecule has 90 valence electrons. The second-order valence-corrected chi connectivity index (χ2v) is 5.66. The Morgan fingerprint density at radius 2 is 2.41 bits per heavy atom. The predicted octanol–water partition coefficient (Wildman–Crippen LogP) is 2.78. The Morgan fingerprint density at radius 1 is 1.53 bits per heavy atom. The van der Waals surface area contributed by atoms with E-state index in [1.807, 2.05) is 19.4 Å². The topological polar surface area (TPSA) is 40.7 Å². The lowest BCUT2D eigenvalue weighted by Crippen LogP contribution is -2.43. The van der Waals surface area contributed by atoms with Crippen LogP contribution in [0.2, 0.25) is 0 Å². The third kappa shape index (κ3) is 1.81. The molecular weight excluding hydrogens is 230 g/mol. The molecule has 2 N–H and O–H groups in total. The largest absolute Gasteiger partial charge is 0.367 e. The van der Waals surface area contributed by atoms with Crippen LogP contribution in [0.1, 0.15) is 25.0 Å². The van der Waals surface area contributed by atoms with E-state index >= 15 is 0 Å². The fourth-order valence-electron chi connectivity index (χ4n) is 2.57. The van der Waals surface area contributed by atoms with E-state index in [1.165, 1.54) is 30.5 Å². The van der Waals surface area contributed by atoms with Crippen LogP contribution in [-0.4, -0.2) is 23.6 Å². The van der Waals surface area contributed by atoms with Gasteiger partial charge in [0, 0.05) is 35.3 Å². The number of aromatic nitrogens is 2. The Kier molecular flexibility index (Phi) is 2.76. The average molecular weight is 247 g/mol. The second kappa shape index (κ2) is 4.27. The first-order chi connectivity index (χ1) is 8.34. The van der Waals surface area contributed by atoms with Gasteiger partial charge in [0.2, 0.25) is 0 Å². The van der Waals surface area contributed by atoms with Crippen LogP contribution >= 0.6 is 11.3 Å². The zero-order valence-electron chi connectivity index (χ0n) is 9.99. The highest BCUT2D eigenvalue weighted by Crippen LogP contribution is 2.44. The molecule has 0 bridgehead atoms. The monoisotopic (exact) mass is 247 g/mol. The van der Waals surface area contributed by atoms with E-state index < -0.39 is 0 Å². The maximum absolute atomic E-state index is 4.82. The summed E-state index contributed by atoms with van der Waals surface area (Å²) in [5.41, 5.74) is 2.78. The molecule has 1 fully saturated rings. The highest BCUT2D eigenvalue weighted by molar-refractivity contribution is 7.13. The minimum absolute atomic E-state index is 0.305. The van der Waals surface area contributed by atoms with Crippen molar-refractivity contribution in [2.75, 3.05) is 13.6 Å². The van der Waals surface area contributed by atoms with Crippen molar-refractivity contribution in [3.8, 4) is 10.6 Å². The molecule has 17 heavy (non-hydrogen) atoms. The van der Waals surface area contributed by atoms with Gasteiger partial charge < -0.3 is 10.3 Å². The quantitative estimate of drug-likeness (QED) is 0.872. The van der Waals surface area contributed by atoms with E-state index in [2.05, 4.69) is 21.7 Å². The van der Waals surface area contributed by atoms with Gasteiger partial charge in [0.25, 0.3) is 0 Å². The van der Waals surface area contributed by atoms with Crippen LogP contribution in [-0.2, 0) is 5.41 Å². The molecule has 1 saturated carbocycles. The fourth-order valence-corrected chi connectivity index (χ4v) is 3.51. The van der Waals surface area contributed by atoms with Gasteiger partial charge >= 0.3 is 0 Å². The van der Waals surface area contributed by atoms with Crippen LogP contribution in [0.4, 0.5) is 0 Å². The summed E-state index contributed by atoms with van der Waals surface area (Å²) in [5, 5.41) is 6.67. The van der Waals surface area contributed by atoms with Gasteiger partial charge in [-0.25, -0.2) is 4.98 Å². The zero-order chi connectivity index (χ0) is 11.7. The maximum Gasteiger partial charge on any atom is 0.125 e. The van der Waals surface area contributed by atoms with Crippen molar-refractivity contribution in [1.29, 1.82) is 0 Å². The van der Waals surface area contributed by atoms with Crippen molar-refractivity contribution in [2.24, 2.45) is 0 Å². The number of hydrogen-bond acceptors (Lipinski definition) is 3. The smallest absolute Gasteiger partial charge is 0.125 e. The molecule has 4 heteroatoms. The van der Waals surface area contributed by atoms with E-state index in [1.54, 1.807) is 11.3 Å². The molecule has 0 spiro atoms. The Labute approximate surface area is 105 Å². The van der Waals surface area contributed by atoms with Crippen LogP contribution < -0.4 is 5.32 Å². The molecule has 3 nitrogen and oxygen atoms in total. The fraction of sp³-hybridized carbons (Fsp3) is 0.462. The summed E-state index contributed by atoms with van der Waals surface area (Å²) < 4.78 is 0. The molecule has 0 unspecified atom stereocenters. The van der Waals surface area contributed by atoms with Crippen molar-refractivity contribution < 1.29 is 0 Å². The summed E-state index contributed by atoms with van der Waals surface area (Å²) in [6.07, 6.45) is 7.82. The van der Waals surface area contributed by atoms with E-state index in [4.69, 9.17) is 4.98 Å². The van der Waals surface area contributed by atoms with Gasteiger partial charge in [0.05, 0.1) is 5.69 Å². The summed E-state index contributed by atoms with van der Waals surface area (Å²) >= 11 is 1.75. The van der Waals surface area contributed by atoms with Gasteiger partial charge in [-0.3, -0.25) is 0 Å². The van der Waals surface area contributed by atoms with Gasteiger partial charge in [-0.1, -0.05) is 6.42 Å². The lowest BCUT2D eigenvalue weighted by Gasteiger charge is -2.40. The molecule has 0 radical (unpaired) electrons. The van der Waals surface area contributed by atoms with Gasteiger partial charge in [-0.2, -0.15) is 0 Å². The first-order valence-electron chi connectivity index (χ1n) is 6.08. The van der Waals surface area contributed by atoms with E-state index in [0.717, 1.165) is 11.6 Å². The zero-order valence-corrected chi connectivity index (χ0v) is 10.8. The van der Waals surface area contributed by atoms with Crippen LogP contribution in [0.15, 0.2) is 23.8 Å². The lowest BCUT2D eigenvalue weighted by molar-refractivity contribution is 0.233. The van der Waals surface area contributed by atoms with Crippen molar-refractivity contribution >= 4 is 11.3 Å². The summed E-state index contributed by atoms with van der Waals surface area (Å²) in [6, 6.07) is 2.08. The molecule has 1 aliphatic carbocycles. The normalized spacial score (nSPS) is 17.9. The van der Waals surface area contributed by atoms with Gasteiger partial charge in [0.1, 0.15) is 5.01 Å². The molecule has 2 aromatic rings. The highest BCUT2D eigenvalue weighted by atomic mass is 32.1. The third-order valence-electron chi connectivity index (χ3n) is 3.72. The summed E-state index contributed by atoms with van der Waals surface area (Å²) in [4.78, 5) is 7.91. The van der Waals surface area contributed by atoms with Gasteiger partial charge in [0.15, 0.2) is 0 Å². The van der Waals surface area contributed by atoms with E-state index in [0.29, 0.717) is 5.41 Å². The number of likely N-dealkylation sites (N-methyl/N-ethyl adjacent to an activating group) is 1. The van der Waals surface area contributed by atoms with E-state index in [9.17, 15) is 0 Å². The number of nitrogens with one attached hydrogen (secondary N) is 2. The molecular formula is C13H17N3S. The van der Waals surface area contributed by atoms with E-state index in [-0.39, 0.29) is 0 Å². The average Bonchev–Trinajstić information content (AvgIpc) is 2.92. The molecule has 0 aromatic carbocycles. The molecule has 3 rings (SSSR count). The molecule has 0 atom stereocenters. The first-order valence-corrected chi connectivity index (χ1v) is 6.96. The SMILES string of the molecule is CNCC1(c2csc(-c3cc[nH]c3)n2)CCC1. The van der Waals surface area contributed by atoms with Crippen LogP contribution in [0.25, 0.3) is 10.6 Å². The minimum atomic E-state index is 0.305. The van der Waals surface area contributed by atoms with Crippen molar-refractivity contribution in [3.05, 3.63) is 29.5 Å². The Balaban J connectivity index is 1.89. The molecule has 0 saturated heterocycles. The number of H-pyrrole nitrogens is 1. The molecule has 0 aliphatic heterocycles. The Hall–Kier alpha value is -1.13. The summed E-state index contributed by atoms with van der Waals surface area (Å²) in [7, 11) is 2.03. The Morgan fingerprint density at radius 3 is 3.00 bits per heavy atom. The predicted molar refractivity (Wildman–Crippen MR) is 71.4 cm³/mol. The Bertz CT molecular complexity index is 482. The molecule has 1 aliphatic rings. The molecule has 2 heterocycles. The van der Waals surface area contributed by atoms with Crippen LogP contribution in [0.5, 0.6) is 0 Å². The number of hydrogen-bond donors (Lipinski definition) is 2. The minimum Gasteiger partial charge on any atom is -0.367 e. The third-order valence-corrected chi connectivity index (χ3v) is 4.61. The first kappa shape index (κ1) is 11.0. The molecule has 2 aromatic heterocycles. The summed E-state index contributed by atoms with van der Waals surface area (Å²) in [6.45, 7) is 1.04. The van der Waals surface area contributed by atoms with Crippen molar-refractivity contribution in [2.45, 2.75) is 24.7 Å². The van der Waals surface area contributed by atoms with Gasteiger partial charge in [-0.05, 0) is 26.0 Å². The number of nitrogens with zero attached hydrogens (tertiary/aromatic N) is 1. The maximum atomic E-state index is 4.82. The van der Waals surface area contributed by atoms with Crippen molar-refractivity contribution in [1.82, 2.24) is 15.3 Å². The van der Waals surface area contributed by atoms with Crippen molar-refractivity contribution in [3.63, 3.8) is 0 Å². The lowest BCUT2D eigenvalue weighted by atomic mass is 9.67. The van der Waals surface area contributed by atoms with Crippen LogP contribution in [0.3, 0.4) is 0 Å². The second-order valence-electron chi connectivity index (χ2n) is 4.80. The standard InChI is InChI=1S/C13H17N3S/c1-14-9-13(4-2-5-13)11-8-17-12(16-11)10-3-6-15-7-10/h3,6-8,14-15H,2,4-5,9H2,1H3. The van der Waals surface area contributed by atoms with Crippen LogP contribution in [0, 0.1) is 0 Å². The van der Waals surface area contributed by atoms with Gasteiger partial charge in [-0.15, -0.1) is 11.3 Å². The highest BCUT2D eigenvalue weighted by Gasteiger charge is 2.40. The molecule has 0 amide bonds. The summed E-state index contributed by atoms with van der Waals surface area (Å²) in [5.74, 6) is 0.